The average molecular weight is 222 g/mol. The quantitative estimate of drug-likeness (QED) is 0.847. The molecule has 0 fully saturated rings. The molecule has 0 aliphatic carbocycles. The van der Waals surface area contributed by atoms with E-state index in [-0.39, 0.29) is 0 Å². The summed E-state index contributed by atoms with van der Waals surface area (Å²) in [7, 11) is 1.64. The van der Waals surface area contributed by atoms with Crippen LogP contribution in [0.25, 0.3) is 0 Å². The van der Waals surface area contributed by atoms with Gasteiger partial charge in [-0.2, -0.15) is 0 Å². The summed E-state index contributed by atoms with van der Waals surface area (Å²) >= 11 is 0. The summed E-state index contributed by atoms with van der Waals surface area (Å²) in [6.45, 7) is 8.09. The zero-order chi connectivity index (χ0) is 12.3. The Morgan fingerprint density at radius 2 is 2.00 bits per heavy atom. The molecule has 0 saturated carbocycles. The summed E-state index contributed by atoms with van der Waals surface area (Å²) in [4.78, 5) is 0. The molecule has 1 atom stereocenters. The van der Waals surface area contributed by atoms with Gasteiger partial charge >= 0.3 is 0 Å². The van der Waals surface area contributed by atoms with Gasteiger partial charge in [0.2, 0.25) is 0 Å². The van der Waals surface area contributed by atoms with Crippen molar-refractivity contribution in [3.8, 4) is 5.75 Å². The number of rotatable bonds is 4. The van der Waals surface area contributed by atoms with Crippen LogP contribution in [0.1, 0.15) is 38.3 Å². The molecule has 0 spiro atoms. The van der Waals surface area contributed by atoms with Gasteiger partial charge in [0.15, 0.2) is 0 Å². The van der Waals surface area contributed by atoms with Crippen molar-refractivity contribution in [2.45, 2.75) is 39.7 Å². The van der Waals surface area contributed by atoms with E-state index in [4.69, 9.17) is 4.74 Å². The molecule has 2 heteroatoms. The van der Waals surface area contributed by atoms with Gasteiger partial charge in [-0.3, -0.25) is 0 Å². The van der Waals surface area contributed by atoms with Crippen molar-refractivity contribution in [2.75, 3.05) is 7.11 Å². The van der Waals surface area contributed by atoms with E-state index in [1.807, 2.05) is 32.0 Å². The monoisotopic (exact) mass is 222 g/mol. The van der Waals surface area contributed by atoms with Crippen LogP contribution in [0.2, 0.25) is 0 Å². The number of hydrogen-bond acceptors (Lipinski definition) is 2. The zero-order valence-electron chi connectivity index (χ0n) is 10.9. The zero-order valence-corrected chi connectivity index (χ0v) is 10.9. The van der Waals surface area contributed by atoms with Gasteiger partial charge in [0.05, 0.1) is 12.7 Å². The average Bonchev–Trinajstić information content (AvgIpc) is 2.15. The maximum atomic E-state index is 10.5. The normalized spacial score (nSPS) is 14.9. The van der Waals surface area contributed by atoms with Crippen molar-refractivity contribution < 1.29 is 9.84 Å². The highest BCUT2D eigenvalue weighted by molar-refractivity contribution is 5.40. The Hall–Kier alpha value is -1.02. The summed E-state index contributed by atoms with van der Waals surface area (Å²) in [5.74, 6) is 1.21. The second-order valence-corrected chi connectivity index (χ2v) is 5.08. The van der Waals surface area contributed by atoms with Crippen molar-refractivity contribution in [3.63, 3.8) is 0 Å². The fraction of sp³-hybridized carbons (Fsp3) is 0.571. The van der Waals surface area contributed by atoms with Crippen LogP contribution >= 0.6 is 0 Å². The number of benzene rings is 1. The fourth-order valence-corrected chi connectivity index (χ4v) is 2.15. The predicted octanol–water partition coefficient (Wildman–Crippen LogP) is 3.26. The van der Waals surface area contributed by atoms with Crippen LogP contribution in [0, 0.1) is 12.8 Å². The molecular formula is C14H22O2. The van der Waals surface area contributed by atoms with Crippen LogP contribution in [0.3, 0.4) is 0 Å². The van der Waals surface area contributed by atoms with E-state index in [2.05, 4.69) is 13.8 Å². The highest BCUT2D eigenvalue weighted by Gasteiger charge is 2.27. The Balaban J connectivity index is 3.14. The first-order valence-electron chi connectivity index (χ1n) is 5.74. The molecule has 90 valence electrons. The number of aryl methyl sites for hydroxylation is 1. The molecule has 16 heavy (non-hydrogen) atoms. The van der Waals surface area contributed by atoms with Crippen LogP contribution in [-0.2, 0) is 5.60 Å². The molecular weight excluding hydrogens is 200 g/mol. The minimum absolute atomic E-state index is 0.445. The van der Waals surface area contributed by atoms with Crippen LogP contribution in [0.5, 0.6) is 5.75 Å². The second-order valence-electron chi connectivity index (χ2n) is 5.08. The topological polar surface area (TPSA) is 29.5 Å². The van der Waals surface area contributed by atoms with Gasteiger partial charge in [0, 0.05) is 5.56 Å². The lowest BCUT2D eigenvalue weighted by Gasteiger charge is -2.27. The molecule has 0 aliphatic rings. The number of methoxy groups -OCH3 is 1. The first kappa shape index (κ1) is 13.0. The first-order chi connectivity index (χ1) is 7.36. The molecule has 1 aromatic carbocycles. The molecule has 1 rings (SSSR count). The molecule has 2 nitrogen and oxygen atoms in total. The lowest BCUT2D eigenvalue weighted by atomic mass is 9.86. The van der Waals surface area contributed by atoms with Crippen molar-refractivity contribution >= 4 is 0 Å². The summed E-state index contributed by atoms with van der Waals surface area (Å²) in [5.41, 5.74) is 1.19. The molecule has 0 radical (unpaired) electrons. The maximum Gasteiger partial charge on any atom is 0.124 e. The lowest BCUT2D eigenvalue weighted by Crippen LogP contribution is -2.24. The Labute approximate surface area is 98.3 Å². The van der Waals surface area contributed by atoms with Crippen molar-refractivity contribution in [1.82, 2.24) is 0 Å². The third-order valence-corrected chi connectivity index (χ3v) is 2.74. The van der Waals surface area contributed by atoms with Gasteiger partial charge in [-0.1, -0.05) is 25.5 Å². The van der Waals surface area contributed by atoms with Gasteiger partial charge < -0.3 is 9.84 Å². The second kappa shape index (κ2) is 4.88. The highest BCUT2D eigenvalue weighted by atomic mass is 16.5. The highest BCUT2D eigenvalue weighted by Crippen LogP contribution is 2.35. The number of ether oxygens (including phenoxy) is 1. The van der Waals surface area contributed by atoms with Crippen molar-refractivity contribution in [2.24, 2.45) is 5.92 Å². The molecule has 0 saturated heterocycles. The van der Waals surface area contributed by atoms with E-state index >= 15 is 0 Å². The van der Waals surface area contributed by atoms with E-state index in [1.165, 1.54) is 0 Å². The van der Waals surface area contributed by atoms with Crippen LogP contribution in [0.4, 0.5) is 0 Å². The number of aliphatic hydroxyl groups is 1. The van der Waals surface area contributed by atoms with Crippen LogP contribution in [0.15, 0.2) is 18.2 Å². The maximum absolute atomic E-state index is 10.5. The molecule has 1 unspecified atom stereocenters. The Morgan fingerprint density at radius 1 is 1.38 bits per heavy atom. The Bertz CT molecular complexity index is 354. The molecule has 0 heterocycles. The van der Waals surface area contributed by atoms with Crippen LogP contribution in [-0.4, -0.2) is 12.2 Å². The summed E-state index contributed by atoms with van der Waals surface area (Å²) in [6, 6.07) is 5.91. The van der Waals surface area contributed by atoms with Gasteiger partial charge in [-0.15, -0.1) is 0 Å². The smallest absolute Gasteiger partial charge is 0.124 e. The molecule has 0 amide bonds. The first-order valence-corrected chi connectivity index (χ1v) is 5.74. The molecule has 0 aliphatic heterocycles. The third kappa shape index (κ3) is 2.99. The Morgan fingerprint density at radius 3 is 2.50 bits per heavy atom. The minimum atomic E-state index is -0.828. The van der Waals surface area contributed by atoms with Crippen molar-refractivity contribution in [1.29, 1.82) is 0 Å². The van der Waals surface area contributed by atoms with E-state index in [0.717, 1.165) is 23.3 Å². The van der Waals surface area contributed by atoms with Gasteiger partial charge in [-0.05, 0) is 38.3 Å². The predicted molar refractivity (Wildman–Crippen MR) is 66.8 cm³/mol. The summed E-state index contributed by atoms with van der Waals surface area (Å²) in [5, 5.41) is 10.5. The number of hydrogen-bond donors (Lipinski definition) is 1. The van der Waals surface area contributed by atoms with E-state index in [9.17, 15) is 5.11 Å². The SMILES string of the molecule is COc1ccc(C)cc1C(C)(O)CC(C)C. The van der Waals surface area contributed by atoms with Gasteiger partial charge in [0.1, 0.15) is 5.75 Å². The van der Waals surface area contributed by atoms with Crippen LogP contribution < -0.4 is 4.74 Å². The fourth-order valence-electron chi connectivity index (χ4n) is 2.15. The summed E-state index contributed by atoms with van der Waals surface area (Å²) in [6.07, 6.45) is 0.729. The van der Waals surface area contributed by atoms with E-state index < -0.39 is 5.60 Å². The van der Waals surface area contributed by atoms with E-state index in [0.29, 0.717) is 5.92 Å². The Kier molecular flexibility index (Phi) is 3.98. The van der Waals surface area contributed by atoms with Crippen molar-refractivity contribution in [3.05, 3.63) is 29.3 Å². The third-order valence-electron chi connectivity index (χ3n) is 2.74. The standard InChI is InChI=1S/C14H22O2/c1-10(2)9-14(4,15)12-8-11(3)6-7-13(12)16-5/h6-8,10,15H,9H2,1-5H3. The molecule has 0 bridgehead atoms. The molecule has 1 N–H and O–H groups in total. The van der Waals surface area contributed by atoms with Gasteiger partial charge in [0.25, 0.3) is 0 Å². The lowest BCUT2D eigenvalue weighted by molar-refractivity contribution is 0.0325. The molecule has 1 aromatic rings. The molecule has 0 aromatic heterocycles. The minimum Gasteiger partial charge on any atom is -0.496 e. The summed E-state index contributed by atoms with van der Waals surface area (Å²) < 4.78 is 5.31. The van der Waals surface area contributed by atoms with E-state index in [1.54, 1.807) is 7.11 Å². The van der Waals surface area contributed by atoms with Gasteiger partial charge in [-0.25, -0.2) is 0 Å². The largest absolute Gasteiger partial charge is 0.496 e.